The highest BCUT2D eigenvalue weighted by molar-refractivity contribution is 6.00. The van der Waals surface area contributed by atoms with Crippen molar-refractivity contribution in [1.29, 1.82) is 0 Å². The van der Waals surface area contributed by atoms with Crippen LogP contribution in [0.4, 0.5) is 0 Å². The number of carbonyl (C=O) groups is 2. The van der Waals surface area contributed by atoms with Crippen LogP contribution < -0.4 is 4.74 Å². The van der Waals surface area contributed by atoms with E-state index in [1.807, 2.05) is 30.6 Å². The number of hydrogen-bond acceptors (Lipinski definition) is 4. The summed E-state index contributed by atoms with van der Waals surface area (Å²) in [4.78, 5) is 27.1. The predicted octanol–water partition coefficient (Wildman–Crippen LogP) is 4.16. The van der Waals surface area contributed by atoms with Crippen molar-refractivity contribution >= 4 is 11.6 Å². The molecule has 0 bridgehead atoms. The number of benzene rings is 1. The third-order valence-electron chi connectivity index (χ3n) is 5.35. The molecular formula is C22H27NO3. The molecule has 4 nitrogen and oxygen atoms in total. The molecule has 0 radical (unpaired) electrons. The van der Waals surface area contributed by atoms with Gasteiger partial charge >= 0.3 is 0 Å². The van der Waals surface area contributed by atoms with Gasteiger partial charge in [-0.05, 0) is 56.4 Å². The molecule has 0 saturated heterocycles. The van der Waals surface area contributed by atoms with E-state index in [4.69, 9.17) is 4.74 Å². The van der Waals surface area contributed by atoms with Crippen molar-refractivity contribution in [3.8, 4) is 5.75 Å². The average Bonchev–Trinajstić information content (AvgIpc) is 2.64. The molecule has 2 aliphatic rings. The number of nitrogens with zero attached hydrogens (tertiary/aromatic N) is 1. The van der Waals surface area contributed by atoms with Gasteiger partial charge in [-0.2, -0.15) is 0 Å². The van der Waals surface area contributed by atoms with E-state index in [-0.39, 0.29) is 23.4 Å². The minimum atomic E-state index is -0.0361. The zero-order valence-electron chi connectivity index (χ0n) is 15.8. The first kappa shape index (κ1) is 18.4. The molecule has 2 unspecified atom stereocenters. The van der Waals surface area contributed by atoms with E-state index >= 15 is 0 Å². The molecular weight excluding hydrogens is 326 g/mol. The molecule has 0 saturated carbocycles. The van der Waals surface area contributed by atoms with Crippen molar-refractivity contribution in [3.63, 3.8) is 0 Å². The van der Waals surface area contributed by atoms with Gasteiger partial charge < -0.3 is 9.64 Å². The first-order valence-electron chi connectivity index (χ1n) is 9.41. The maximum Gasteiger partial charge on any atom is 0.166 e. The van der Waals surface area contributed by atoms with Gasteiger partial charge in [-0.25, -0.2) is 0 Å². The van der Waals surface area contributed by atoms with Gasteiger partial charge in [0.2, 0.25) is 0 Å². The first-order valence-corrected chi connectivity index (χ1v) is 9.41. The smallest absolute Gasteiger partial charge is 0.166 e. The summed E-state index contributed by atoms with van der Waals surface area (Å²) in [6, 6.07) is 5.70. The Labute approximate surface area is 155 Å². The fraction of sp³-hybridized carbons (Fsp3) is 0.455. The zero-order chi connectivity index (χ0) is 18.7. The predicted molar refractivity (Wildman–Crippen MR) is 102 cm³/mol. The molecule has 0 N–H and O–H groups in total. The molecule has 0 spiro atoms. The Balaban J connectivity index is 1.76. The van der Waals surface area contributed by atoms with Crippen LogP contribution in [0.15, 0.2) is 42.2 Å². The van der Waals surface area contributed by atoms with Crippen molar-refractivity contribution in [2.75, 3.05) is 13.7 Å². The van der Waals surface area contributed by atoms with Gasteiger partial charge in [-0.1, -0.05) is 13.0 Å². The molecule has 0 fully saturated rings. The van der Waals surface area contributed by atoms with Crippen molar-refractivity contribution in [2.24, 2.45) is 11.8 Å². The van der Waals surface area contributed by atoms with Crippen molar-refractivity contribution in [1.82, 2.24) is 4.90 Å². The Morgan fingerprint density at radius 2 is 2.15 bits per heavy atom. The number of methoxy groups -OCH3 is 1. The molecule has 1 aliphatic heterocycles. The Bertz CT molecular complexity index is 763. The van der Waals surface area contributed by atoms with E-state index in [1.165, 1.54) is 0 Å². The van der Waals surface area contributed by atoms with E-state index in [0.29, 0.717) is 6.42 Å². The topological polar surface area (TPSA) is 46.6 Å². The normalized spacial score (nSPS) is 22.0. The lowest BCUT2D eigenvalue weighted by Crippen LogP contribution is -2.28. The summed E-state index contributed by atoms with van der Waals surface area (Å²) in [5.74, 6) is 1.07. The second kappa shape index (κ2) is 7.90. The summed E-state index contributed by atoms with van der Waals surface area (Å²) in [6.45, 7) is 4.64. The van der Waals surface area contributed by atoms with Gasteiger partial charge in [0.1, 0.15) is 5.75 Å². The quantitative estimate of drug-likeness (QED) is 0.770. The molecule has 138 valence electrons. The van der Waals surface area contributed by atoms with Crippen LogP contribution in [0.3, 0.4) is 0 Å². The lowest BCUT2D eigenvalue weighted by molar-refractivity contribution is -0.114. The molecule has 1 aromatic carbocycles. The van der Waals surface area contributed by atoms with E-state index in [9.17, 15) is 9.59 Å². The summed E-state index contributed by atoms with van der Waals surface area (Å²) in [5.41, 5.74) is 2.69. The van der Waals surface area contributed by atoms with Crippen LogP contribution in [-0.4, -0.2) is 30.1 Å². The lowest BCUT2D eigenvalue weighted by Gasteiger charge is -2.30. The number of Topliss-reactive ketones (excluding diaryl/α,β-unsaturated/α-hetero) is 2. The minimum Gasteiger partial charge on any atom is -0.497 e. The maximum absolute atomic E-state index is 13.0. The van der Waals surface area contributed by atoms with Crippen LogP contribution in [0.2, 0.25) is 0 Å². The van der Waals surface area contributed by atoms with Gasteiger partial charge in [0.25, 0.3) is 0 Å². The van der Waals surface area contributed by atoms with Gasteiger partial charge in [0.05, 0.1) is 7.11 Å². The van der Waals surface area contributed by atoms with Crippen molar-refractivity contribution < 1.29 is 14.3 Å². The number of hydrogen-bond donors (Lipinski definition) is 0. The van der Waals surface area contributed by atoms with E-state index < -0.39 is 0 Å². The Morgan fingerprint density at radius 3 is 2.85 bits per heavy atom. The zero-order valence-corrected chi connectivity index (χ0v) is 15.8. The fourth-order valence-electron chi connectivity index (χ4n) is 3.95. The highest BCUT2D eigenvalue weighted by atomic mass is 16.5. The number of carbonyl (C=O) groups excluding carboxylic acids is 2. The summed E-state index contributed by atoms with van der Waals surface area (Å²) in [7, 11) is 1.64. The Kier molecular flexibility index (Phi) is 5.60. The van der Waals surface area contributed by atoms with Crippen molar-refractivity contribution in [3.05, 3.63) is 53.4 Å². The van der Waals surface area contributed by atoms with Crippen LogP contribution in [0.5, 0.6) is 5.75 Å². The molecule has 26 heavy (non-hydrogen) atoms. The molecule has 1 heterocycles. The van der Waals surface area contributed by atoms with E-state index in [1.54, 1.807) is 14.0 Å². The largest absolute Gasteiger partial charge is 0.497 e. The molecule has 1 aliphatic carbocycles. The Morgan fingerprint density at radius 1 is 1.35 bits per heavy atom. The number of aryl methyl sites for hydroxylation is 1. The number of allylic oxidation sites excluding steroid dienone is 2. The van der Waals surface area contributed by atoms with Crippen LogP contribution in [0, 0.1) is 11.8 Å². The third kappa shape index (κ3) is 3.74. The second-order valence-corrected chi connectivity index (χ2v) is 7.19. The molecule has 0 amide bonds. The van der Waals surface area contributed by atoms with Gasteiger partial charge in [-0.15, -0.1) is 0 Å². The summed E-state index contributed by atoms with van der Waals surface area (Å²) < 4.78 is 5.26. The monoisotopic (exact) mass is 353 g/mol. The fourth-order valence-corrected chi connectivity index (χ4v) is 3.95. The number of ketones is 2. The van der Waals surface area contributed by atoms with Crippen molar-refractivity contribution in [2.45, 2.75) is 39.5 Å². The first-order chi connectivity index (χ1) is 12.5. The van der Waals surface area contributed by atoms with Crippen LogP contribution in [0.25, 0.3) is 0 Å². The van der Waals surface area contributed by atoms with Crippen LogP contribution in [0.1, 0.15) is 49.0 Å². The number of rotatable bonds is 6. The number of ether oxygens (including phenoxy) is 1. The maximum atomic E-state index is 13.0. The van der Waals surface area contributed by atoms with Gasteiger partial charge in [0.15, 0.2) is 11.6 Å². The number of fused-ring (bicyclic) bond motifs is 1. The molecule has 1 aromatic rings. The van der Waals surface area contributed by atoms with E-state index in [0.717, 1.165) is 48.3 Å². The standard InChI is InChI=1S/C22H27NO3/c1-4-10-23-11-9-17(21(14-23)15(2)24)12-18-6-5-16-13-19(26-3)7-8-20(16)22(18)25/h7-9,11,13-14,17-18H,4-6,10,12H2,1-3H3. The molecule has 3 rings (SSSR count). The molecule has 0 aromatic heterocycles. The third-order valence-corrected chi connectivity index (χ3v) is 5.35. The molecule has 4 heteroatoms. The van der Waals surface area contributed by atoms with E-state index in [2.05, 4.69) is 17.9 Å². The SMILES string of the molecule is CCCN1C=CC(CC2CCc3cc(OC)ccc3C2=O)C(C(C)=O)=C1. The molecule has 2 atom stereocenters. The summed E-state index contributed by atoms with van der Waals surface area (Å²) in [6.07, 6.45) is 9.52. The second-order valence-electron chi connectivity index (χ2n) is 7.19. The lowest BCUT2D eigenvalue weighted by atomic mass is 9.76. The Hall–Kier alpha value is -2.36. The summed E-state index contributed by atoms with van der Waals surface area (Å²) in [5, 5.41) is 0. The highest BCUT2D eigenvalue weighted by Gasteiger charge is 2.31. The van der Waals surface area contributed by atoms with Crippen LogP contribution in [-0.2, 0) is 11.2 Å². The average molecular weight is 353 g/mol. The van der Waals surface area contributed by atoms with Crippen LogP contribution >= 0.6 is 0 Å². The highest BCUT2D eigenvalue weighted by Crippen LogP contribution is 2.35. The van der Waals surface area contributed by atoms with Gasteiger partial charge in [-0.3, -0.25) is 9.59 Å². The minimum absolute atomic E-state index is 0.0226. The summed E-state index contributed by atoms with van der Waals surface area (Å²) >= 11 is 0. The van der Waals surface area contributed by atoms with Gasteiger partial charge in [0, 0.05) is 41.9 Å².